The average Bonchev–Trinajstić information content (AvgIpc) is 2.76. The molecule has 3 nitrogen and oxygen atoms in total. The van der Waals surface area contributed by atoms with E-state index in [1.807, 2.05) is 32.0 Å². The van der Waals surface area contributed by atoms with Crippen molar-refractivity contribution in [1.82, 2.24) is 5.32 Å². The van der Waals surface area contributed by atoms with Gasteiger partial charge in [-0.2, -0.15) is 0 Å². The van der Waals surface area contributed by atoms with Gasteiger partial charge in [0.25, 0.3) is 0 Å². The van der Waals surface area contributed by atoms with E-state index >= 15 is 0 Å². The van der Waals surface area contributed by atoms with Gasteiger partial charge in [0.2, 0.25) is 5.91 Å². The van der Waals surface area contributed by atoms with Gasteiger partial charge in [0.05, 0.1) is 5.92 Å². The fourth-order valence-electron chi connectivity index (χ4n) is 2.12. The maximum absolute atomic E-state index is 12.0. The lowest BCUT2D eigenvalue weighted by molar-refractivity contribution is -0.119. The van der Waals surface area contributed by atoms with Crippen molar-refractivity contribution in [1.29, 1.82) is 0 Å². The number of carbonyl (C=O) groups excluding carboxylic acids is 1. The molecular formula is C13H18N2O. The van der Waals surface area contributed by atoms with Gasteiger partial charge in [-0.25, -0.2) is 0 Å². The summed E-state index contributed by atoms with van der Waals surface area (Å²) in [5, 5.41) is 6.25. The van der Waals surface area contributed by atoms with Gasteiger partial charge in [0.1, 0.15) is 0 Å². The molecule has 1 atom stereocenters. The Morgan fingerprint density at radius 3 is 2.62 bits per heavy atom. The summed E-state index contributed by atoms with van der Waals surface area (Å²) >= 11 is 0. The fourth-order valence-corrected chi connectivity index (χ4v) is 2.12. The fraction of sp³-hybridized carbons (Fsp3) is 0.462. The maximum Gasteiger partial charge on any atom is 0.228 e. The van der Waals surface area contributed by atoms with Crippen LogP contribution in [0.4, 0.5) is 5.69 Å². The standard InChI is InChI=1S/C13H18N2O/c1-9-4-3-5-10(2)12(9)15-13(16)11-6-7-14-8-11/h3-5,11,14H,6-8H2,1-2H3,(H,15,16)/t11-/m0/s1. The van der Waals surface area contributed by atoms with Crippen molar-refractivity contribution < 1.29 is 4.79 Å². The van der Waals surface area contributed by atoms with Crippen molar-refractivity contribution in [3.8, 4) is 0 Å². The maximum atomic E-state index is 12.0. The summed E-state index contributed by atoms with van der Waals surface area (Å²) in [5.74, 6) is 0.265. The molecule has 0 radical (unpaired) electrons. The molecule has 16 heavy (non-hydrogen) atoms. The highest BCUT2D eigenvalue weighted by atomic mass is 16.1. The minimum absolute atomic E-state index is 0.124. The van der Waals surface area contributed by atoms with Gasteiger partial charge < -0.3 is 10.6 Å². The molecule has 1 aliphatic heterocycles. The molecule has 1 aromatic rings. The van der Waals surface area contributed by atoms with E-state index in [-0.39, 0.29) is 11.8 Å². The Morgan fingerprint density at radius 1 is 1.38 bits per heavy atom. The van der Waals surface area contributed by atoms with Gasteiger partial charge in [0, 0.05) is 12.2 Å². The first kappa shape index (κ1) is 11.1. The highest BCUT2D eigenvalue weighted by molar-refractivity contribution is 5.94. The van der Waals surface area contributed by atoms with E-state index in [1.54, 1.807) is 0 Å². The minimum atomic E-state index is 0.124. The second kappa shape index (κ2) is 4.66. The first-order valence-corrected chi connectivity index (χ1v) is 5.76. The summed E-state index contributed by atoms with van der Waals surface area (Å²) in [6.07, 6.45) is 0.941. The van der Waals surface area contributed by atoms with Gasteiger partial charge in [-0.15, -0.1) is 0 Å². The van der Waals surface area contributed by atoms with E-state index in [1.165, 1.54) is 0 Å². The smallest absolute Gasteiger partial charge is 0.228 e. The molecule has 1 amide bonds. The van der Waals surface area contributed by atoms with Crippen LogP contribution in [0.1, 0.15) is 17.5 Å². The number of aryl methyl sites for hydroxylation is 2. The van der Waals surface area contributed by atoms with E-state index in [4.69, 9.17) is 0 Å². The number of nitrogens with one attached hydrogen (secondary N) is 2. The van der Waals surface area contributed by atoms with Crippen molar-refractivity contribution in [2.75, 3.05) is 18.4 Å². The predicted molar refractivity (Wildman–Crippen MR) is 65.5 cm³/mol. The number of para-hydroxylation sites is 1. The third kappa shape index (κ3) is 2.25. The Hall–Kier alpha value is -1.35. The van der Waals surface area contributed by atoms with Crippen LogP contribution in [-0.2, 0) is 4.79 Å². The van der Waals surface area contributed by atoms with Crippen molar-refractivity contribution in [3.05, 3.63) is 29.3 Å². The molecule has 0 spiro atoms. The first-order chi connectivity index (χ1) is 7.68. The summed E-state index contributed by atoms with van der Waals surface area (Å²) in [6.45, 7) is 5.80. The monoisotopic (exact) mass is 218 g/mol. The average molecular weight is 218 g/mol. The Balaban J connectivity index is 2.11. The largest absolute Gasteiger partial charge is 0.325 e. The van der Waals surface area contributed by atoms with Crippen LogP contribution in [0.2, 0.25) is 0 Å². The van der Waals surface area contributed by atoms with Crippen LogP contribution < -0.4 is 10.6 Å². The van der Waals surface area contributed by atoms with E-state index in [2.05, 4.69) is 10.6 Å². The van der Waals surface area contributed by atoms with E-state index < -0.39 is 0 Å². The van der Waals surface area contributed by atoms with E-state index in [0.29, 0.717) is 0 Å². The normalized spacial score (nSPS) is 19.8. The van der Waals surface area contributed by atoms with Crippen LogP contribution in [0.25, 0.3) is 0 Å². The molecule has 1 heterocycles. The number of benzene rings is 1. The van der Waals surface area contributed by atoms with Gasteiger partial charge in [-0.3, -0.25) is 4.79 Å². The molecule has 1 fully saturated rings. The van der Waals surface area contributed by atoms with E-state index in [0.717, 1.165) is 36.3 Å². The summed E-state index contributed by atoms with van der Waals surface area (Å²) in [5.41, 5.74) is 3.22. The molecule has 0 aromatic heterocycles. The Bertz CT molecular complexity index is 375. The second-order valence-corrected chi connectivity index (χ2v) is 4.45. The van der Waals surface area contributed by atoms with Crippen LogP contribution in [-0.4, -0.2) is 19.0 Å². The highest BCUT2D eigenvalue weighted by Gasteiger charge is 2.22. The molecule has 0 saturated carbocycles. The van der Waals surface area contributed by atoms with Crippen LogP contribution in [0.15, 0.2) is 18.2 Å². The van der Waals surface area contributed by atoms with Crippen LogP contribution in [0, 0.1) is 19.8 Å². The molecule has 1 saturated heterocycles. The highest BCUT2D eigenvalue weighted by Crippen LogP contribution is 2.21. The molecule has 2 rings (SSSR count). The summed E-state index contributed by atoms with van der Waals surface area (Å²) < 4.78 is 0. The molecule has 86 valence electrons. The number of amides is 1. The molecule has 0 unspecified atom stereocenters. The molecule has 0 aliphatic carbocycles. The summed E-state index contributed by atoms with van der Waals surface area (Å²) in [4.78, 5) is 12.0. The number of hydrogen-bond donors (Lipinski definition) is 2. The lowest BCUT2D eigenvalue weighted by Gasteiger charge is -2.14. The minimum Gasteiger partial charge on any atom is -0.325 e. The first-order valence-electron chi connectivity index (χ1n) is 5.76. The number of hydrogen-bond acceptors (Lipinski definition) is 2. The summed E-state index contributed by atoms with van der Waals surface area (Å²) in [7, 11) is 0. The third-order valence-corrected chi connectivity index (χ3v) is 3.16. The van der Waals surface area contributed by atoms with Crippen LogP contribution >= 0.6 is 0 Å². The number of anilines is 1. The summed E-state index contributed by atoms with van der Waals surface area (Å²) in [6, 6.07) is 6.06. The van der Waals surface area contributed by atoms with Gasteiger partial charge >= 0.3 is 0 Å². The lowest BCUT2D eigenvalue weighted by Crippen LogP contribution is -2.25. The lowest BCUT2D eigenvalue weighted by atomic mass is 10.1. The number of rotatable bonds is 2. The van der Waals surface area contributed by atoms with Crippen molar-refractivity contribution in [2.24, 2.45) is 5.92 Å². The zero-order valence-corrected chi connectivity index (χ0v) is 9.84. The SMILES string of the molecule is Cc1cccc(C)c1NC(=O)[C@H]1CCNC1. The van der Waals surface area contributed by atoms with E-state index in [9.17, 15) is 4.79 Å². The Morgan fingerprint density at radius 2 is 2.06 bits per heavy atom. The molecule has 0 bridgehead atoms. The van der Waals surface area contributed by atoms with Crippen LogP contribution in [0.5, 0.6) is 0 Å². The Labute approximate surface area is 96.2 Å². The second-order valence-electron chi connectivity index (χ2n) is 4.45. The van der Waals surface area contributed by atoms with Gasteiger partial charge in [-0.05, 0) is 37.9 Å². The third-order valence-electron chi connectivity index (χ3n) is 3.16. The molecule has 3 heteroatoms. The molecule has 2 N–H and O–H groups in total. The van der Waals surface area contributed by atoms with Gasteiger partial charge in [0.15, 0.2) is 0 Å². The topological polar surface area (TPSA) is 41.1 Å². The van der Waals surface area contributed by atoms with Crippen molar-refractivity contribution >= 4 is 11.6 Å². The van der Waals surface area contributed by atoms with Gasteiger partial charge in [-0.1, -0.05) is 18.2 Å². The molecule has 1 aromatic carbocycles. The predicted octanol–water partition coefficient (Wildman–Crippen LogP) is 1.85. The van der Waals surface area contributed by atoms with Crippen molar-refractivity contribution in [2.45, 2.75) is 20.3 Å². The quantitative estimate of drug-likeness (QED) is 0.795. The molecule has 1 aliphatic rings. The van der Waals surface area contributed by atoms with Crippen molar-refractivity contribution in [3.63, 3.8) is 0 Å². The molecular weight excluding hydrogens is 200 g/mol. The zero-order valence-electron chi connectivity index (χ0n) is 9.84. The zero-order chi connectivity index (χ0) is 11.5. The van der Waals surface area contributed by atoms with Crippen LogP contribution in [0.3, 0.4) is 0 Å². The number of carbonyl (C=O) groups is 1. The Kier molecular flexibility index (Phi) is 3.25.